The normalized spacial score (nSPS) is 10.6. The Morgan fingerprint density at radius 2 is 0.676 bits per heavy atom. The number of hydrogen-bond acceptors (Lipinski definition) is 3. The van der Waals surface area contributed by atoms with Crippen LogP contribution in [0.3, 0.4) is 0 Å². The van der Waals surface area contributed by atoms with Gasteiger partial charge in [-0.25, -0.2) is 0 Å². The van der Waals surface area contributed by atoms with Crippen LogP contribution in [0.1, 0.15) is 181 Å². The summed E-state index contributed by atoms with van der Waals surface area (Å²) in [6.45, 7) is 4.50. The molecule has 0 atom stereocenters. The van der Waals surface area contributed by atoms with E-state index < -0.39 is 11.9 Å². The van der Waals surface area contributed by atoms with Gasteiger partial charge in [0, 0.05) is 12.4 Å². The second-order valence-corrected chi connectivity index (χ2v) is 10.0. The first-order valence-corrected chi connectivity index (χ1v) is 15.0. The van der Waals surface area contributed by atoms with Crippen LogP contribution in [0.25, 0.3) is 0 Å². The van der Waals surface area contributed by atoms with E-state index in [0.717, 1.165) is 25.7 Å². The molecule has 0 heterocycles. The van der Waals surface area contributed by atoms with Crippen molar-refractivity contribution in [2.24, 2.45) is 0 Å². The molecular formula is C30H59O4-. The van der Waals surface area contributed by atoms with Gasteiger partial charge in [0.25, 0.3) is 0 Å². The maximum absolute atomic E-state index is 10.3. The zero-order valence-corrected chi connectivity index (χ0v) is 23.1. The summed E-state index contributed by atoms with van der Waals surface area (Å²) in [5.74, 6) is -1.56. The van der Waals surface area contributed by atoms with Crippen LogP contribution in [-0.2, 0) is 9.59 Å². The molecule has 0 aliphatic heterocycles. The Morgan fingerprint density at radius 3 is 0.912 bits per heavy atom. The molecule has 0 saturated carbocycles. The Balaban J connectivity index is 0. The summed E-state index contributed by atoms with van der Waals surface area (Å²) in [5, 5.41) is 18.6. The van der Waals surface area contributed by atoms with E-state index in [0.29, 0.717) is 6.42 Å². The van der Waals surface area contributed by atoms with E-state index in [1.54, 1.807) is 0 Å². The van der Waals surface area contributed by atoms with Crippen molar-refractivity contribution in [3.05, 3.63) is 0 Å². The van der Waals surface area contributed by atoms with E-state index in [2.05, 4.69) is 13.8 Å². The SMILES string of the molecule is CCCCCCCCCCCCCC(=O)[O-].CCCCCCCCCCCCCCCC(=O)O. The monoisotopic (exact) mass is 483 g/mol. The Bertz CT molecular complexity index is 409. The van der Waals surface area contributed by atoms with Crippen LogP contribution >= 0.6 is 0 Å². The van der Waals surface area contributed by atoms with Crippen LogP contribution in [0.5, 0.6) is 0 Å². The molecule has 4 nitrogen and oxygen atoms in total. The Morgan fingerprint density at radius 1 is 0.441 bits per heavy atom. The smallest absolute Gasteiger partial charge is 0.303 e. The van der Waals surface area contributed by atoms with Crippen molar-refractivity contribution in [1.82, 2.24) is 0 Å². The van der Waals surface area contributed by atoms with E-state index in [-0.39, 0.29) is 6.42 Å². The van der Waals surface area contributed by atoms with Gasteiger partial charge in [-0.1, -0.05) is 155 Å². The minimum absolute atomic E-state index is 0.233. The predicted octanol–water partition coefficient (Wildman–Crippen LogP) is 8.99. The molecule has 0 radical (unpaired) electrons. The van der Waals surface area contributed by atoms with E-state index >= 15 is 0 Å². The lowest BCUT2D eigenvalue weighted by molar-refractivity contribution is -0.305. The van der Waals surface area contributed by atoms with Crippen molar-refractivity contribution in [2.75, 3.05) is 0 Å². The fourth-order valence-electron chi connectivity index (χ4n) is 4.23. The molecule has 0 spiro atoms. The molecule has 0 amide bonds. The Labute approximate surface area is 212 Å². The third kappa shape index (κ3) is 38.2. The van der Waals surface area contributed by atoms with E-state index in [1.165, 1.54) is 128 Å². The minimum Gasteiger partial charge on any atom is -0.550 e. The van der Waals surface area contributed by atoms with Gasteiger partial charge in [-0.05, 0) is 19.3 Å². The molecule has 0 saturated heterocycles. The lowest BCUT2D eigenvalue weighted by Gasteiger charge is -2.03. The first kappa shape index (κ1) is 35.1. The van der Waals surface area contributed by atoms with Crippen LogP contribution < -0.4 is 5.11 Å². The van der Waals surface area contributed by atoms with Crippen LogP contribution in [0.4, 0.5) is 0 Å². The van der Waals surface area contributed by atoms with Crippen molar-refractivity contribution in [3.8, 4) is 0 Å². The fourth-order valence-corrected chi connectivity index (χ4v) is 4.23. The number of hydrogen-bond donors (Lipinski definition) is 1. The Kier molecular flexibility index (Phi) is 33.0. The summed E-state index contributed by atoms with van der Waals surface area (Å²) < 4.78 is 0. The summed E-state index contributed by atoms with van der Waals surface area (Å²) in [6, 6.07) is 0. The molecule has 0 aromatic rings. The summed E-state index contributed by atoms with van der Waals surface area (Å²) in [5.41, 5.74) is 0. The molecular weight excluding hydrogens is 424 g/mol. The second-order valence-electron chi connectivity index (χ2n) is 10.0. The molecule has 0 aromatic carbocycles. The number of carboxylic acid groups (broad SMARTS) is 2. The van der Waals surface area contributed by atoms with E-state index in [9.17, 15) is 14.7 Å². The Hall–Kier alpha value is -1.06. The van der Waals surface area contributed by atoms with Gasteiger partial charge < -0.3 is 15.0 Å². The molecule has 0 rings (SSSR count). The summed E-state index contributed by atoms with van der Waals surface area (Å²) >= 11 is 0. The minimum atomic E-state index is -0.907. The number of carbonyl (C=O) groups is 2. The standard InChI is InChI=1S/C16H32O2.C14H28O2/c1-2-3-4-5-6-7-8-9-10-11-12-13-14-15-16(17)18;1-2-3-4-5-6-7-8-9-10-11-12-13-14(15)16/h2-15H2,1H3,(H,17,18);2-13H2,1H3,(H,15,16)/p-1. The number of unbranched alkanes of at least 4 members (excludes halogenated alkanes) is 22. The van der Waals surface area contributed by atoms with Crippen molar-refractivity contribution in [3.63, 3.8) is 0 Å². The van der Waals surface area contributed by atoms with Crippen LogP contribution in [0.15, 0.2) is 0 Å². The second kappa shape index (κ2) is 31.9. The molecule has 1 N–H and O–H groups in total. The highest BCUT2D eigenvalue weighted by Crippen LogP contribution is 2.13. The van der Waals surface area contributed by atoms with E-state index in [1.807, 2.05) is 0 Å². The van der Waals surface area contributed by atoms with Gasteiger partial charge in [0.15, 0.2) is 0 Å². The topological polar surface area (TPSA) is 77.4 Å². The molecule has 0 fully saturated rings. The van der Waals surface area contributed by atoms with Gasteiger partial charge in [-0.2, -0.15) is 0 Å². The van der Waals surface area contributed by atoms with Gasteiger partial charge in [0.05, 0.1) is 0 Å². The van der Waals surface area contributed by atoms with Crippen LogP contribution in [0.2, 0.25) is 0 Å². The van der Waals surface area contributed by atoms with Gasteiger partial charge in [0.2, 0.25) is 0 Å². The maximum atomic E-state index is 10.3. The number of carboxylic acids is 2. The molecule has 34 heavy (non-hydrogen) atoms. The first-order chi connectivity index (χ1) is 16.5. The number of aliphatic carboxylic acids is 2. The average Bonchev–Trinajstić information content (AvgIpc) is 2.80. The number of rotatable bonds is 26. The highest BCUT2D eigenvalue weighted by Gasteiger charge is 1.97. The highest BCUT2D eigenvalue weighted by molar-refractivity contribution is 5.66. The largest absolute Gasteiger partial charge is 0.550 e. The van der Waals surface area contributed by atoms with Gasteiger partial charge >= 0.3 is 5.97 Å². The molecule has 0 aliphatic carbocycles. The highest BCUT2D eigenvalue weighted by atomic mass is 16.4. The van der Waals surface area contributed by atoms with E-state index in [4.69, 9.17) is 5.11 Å². The molecule has 204 valence electrons. The zero-order chi connectivity index (χ0) is 25.5. The molecule has 0 aromatic heterocycles. The van der Waals surface area contributed by atoms with Crippen molar-refractivity contribution in [1.29, 1.82) is 0 Å². The molecule has 0 bridgehead atoms. The molecule has 4 heteroatoms. The van der Waals surface area contributed by atoms with Gasteiger partial charge in [0.1, 0.15) is 0 Å². The number of carbonyl (C=O) groups excluding carboxylic acids is 1. The van der Waals surface area contributed by atoms with Crippen LogP contribution in [0, 0.1) is 0 Å². The third-order valence-electron chi connectivity index (χ3n) is 6.48. The van der Waals surface area contributed by atoms with Crippen molar-refractivity contribution >= 4 is 11.9 Å². The molecule has 0 aliphatic rings. The quantitative estimate of drug-likeness (QED) is 0.124. The van der Waals surface area contributed by atoms with Crippen molar-refractivity contribution in [2.45, 2.75) is 181 Å². The predicted molar refractivity (Wildman–Crippen MR) is 144 cm³/mol. The summed E-state index contributed by atoms with van der Waals surface area (Å²) in [4.78, 5) is 20.4. The summed E-state index contributed by atoms with van der Waals surface area (Å²) in [6.07, 6.45) is 31.3. The van der Waals surface area contributed by atoms with Crippen LogP contribution in [-0.4, -0.2) is 17.0 Å². The third-order valence-corrected chi connectivity index (χ3v) is 6.48. The zero-order valence-electron chi connectivity index (χ0n) is 23.1. The van der Waals surface area contributed by atoms with Gasteiger partial charge in [-0.3, -0.25) is 4.79 Å². The lowest BCUT2D eigenvalue weighted by Crippen LogP contribution is -2.21. The van der Waals surface area contributed by atoms with Crippen molar-refractivity contribution < 1.29 is 19.8 Å². The summed E-state index contributed by atoms with van der Waals surface area (Å²) in [7, 11) is 0. The average molecular weight is 484 g/mol. The molecule has 0 unspecified atom stereocenters. The lowest BCUT2D eigenvalue weighted by atomic mass is 10.0. The first-order valence-electron chi connectivity index (χ1n) is 15.0. The van der Waals surface area contributed by atoms with Gasteiger partial charge in [-0.15, -0.1) is 0 Å². The maximum Gasteiger partial charge on any atom is 0.303 e. The fraction of sp³-hybridized carbons (Fsp3) is 0.933.